The molecule has 148 valence electrons. The molecule has 0 radical (unpaired) electrons. The highest BCUT2D eigenvalue weighted by molar-refractivity contribution is 7.10. The molecular formula is C22H26N2O3S. The zero-order valence-corrected chi connectivity index (χ0v) is 17.0. The quantitative estimate of drug-likeness (QED) is 0.859. The summed E-state index contributed by atoms with van der Waals surface area (Å²) in [5, 5.41) is 4.75. The molecule has 1 atom stereocenters. The average Bonchev–Trinajstić information content (AvgIpc) is 3.21. The van der Waals surface area contributed by atoms with Crippen LogP contribution < -0.4 is 10.1 Å². The number of hydrogen-bond acceptors (Lipinski definition) is 4. The molecule has 0 saturated carbocycles. The van der Waals surface area contributed by atoms with E-state index in [0.717, 1.165) is 35.5 Å². The van der Waals surface area contributed by atoms with Crippen LogP contribution >= 0.6 is 11.3 Å². The molecule has 1 spiro atoms. The van der Waals surface area contributed by atoms with Gasteiger partial charge in [-0.3, -0.25) is 9.59 Å². The van der Waals surface area contributed by atoms with Crippen LogP contribution in [0.25, 0.3) is 0 Å². The van der Waals surface area contributed by atoms with Crippen LogP contribution in [-0.2, 0) is 16.0 Å². The highest BCUT2D eigenvalue weighted by atomic mass is 32.1. The van der Waals surface area contributed by atoms with E-state index in [2.05, 4.69) is 11.4 Å². The molecule has 1 unspecified atom stereocenters. The van der Waals surface area contributed by atoms with Crippen LogP contribution in [0.4, 0.5) is 0 Å². The fraction of sp³-hybridized carbons (Fsp3) is 0.455. The normalized spacial score (nSPS) is 20.3. The van der Waals surface area contributed by atoms with Gasteiger partial charge in [-0.05, 0) is 29.5 Å². The topological polar surface area (TPSA) is 58.6 Å². The second kappa shape index (κ2) is 7.95. The van der Waals surface area contributed by atoms with Crippen LogP contribution in [0, 0.1) is 0 Å². The van der Waals surface area contributed by atoms with Gasteiger partial charge in [0.2, 0.25) is 11.8 Å². The Labute approximate surface area is 169 Å². The van der Waals surface area contributed by atoms with E-state index >= 15 is 0 Å². The van der Waals surface area contributed by atoms with Crippen LogP contribution in [0.3, 0.4) is 0 Å². The summed E-state index contributed by atoms with van der Waals surface area (Å²) in [5.41, 5.74) is 0.833. The highest BCUT2D eigenvalue weighted by Gasteiger charge is 2.44. The minimum Gasteiger partial charge on any atom is -0.487 e. The van der Waals surface area contributed by atoms with Gasteiger partial charge in [-0.25, -0.2) is 0 Å². The fourth-order valence-corrected chi connectivity index (χ4v) is 5.09. The van der Waals surface area contributed by atoms with Crippen molar-refractivity contribution in [1.82, 2.24) is 10.2 Å². The van der Waals surface area contributed by atoms with Crippen LogP contribution in [-0.4, -0.2) is 42.5 Å². The molecule has 0 aliphatic carbocycles. The van der Waals surface area contributed by atoms with Gasteiger partial charge in [0.05, 0.1) is 6.42 Å². The number of piperidine rings is 1. The van der Waals surface area contributed by atoms with Crippen molar-refractivity contribution in [3.05, 3.63) is 52.2 Å². The third kappa shape index (κ3) is 3.92. The predicted octanol–water partition coefficient (Wildman–Crippen LogP) is 3.35. The summed E-state index contributed by atoms with van der Waals surface area (Å²) in [5.74, 6) is 1.29. The minimum absolute atomic E-state index is 0.0559. The molecule has 3 heterocycles. The second-order valence-electron chi connectivity index (χ2n) is 7.74. The molecule has 2 aliphatic heterocycles. The molecule has 1 saturated heterocycles. The van der Waals surface area contributed by atoms with Crippen LogP contribution in [0.15, 0.2) is 41.8 Å². The first-order valence-corrected chi connectivity index (χ1v) is 10.8. The van der Waals surface area contributed by atoms with E-state index in [9.17, 15) is 9.59 Å². The standard InChI is InChI=1S/C22H26N2O3S/c1-23-20(25)13-16-15-22(27-19-7-3-2-6-18(16)19)8-10-24(11-9-22)21(26)14-17-5-4-12-28-17/h2-7,12,16H,8-11,13-15H2,1H3,(H,23,25). The van der Waals surface area contributed by atoms with Gasteiger partial charge in [-0.2, -0.15) is 0 Å². The number of benzene rings is 1. The molecule has 28 heavy (non-hydrogen) atoms. The van der Waals surface area contributed by atoms with E-state index in [1.165, 1.54) is 0 Å². The van der Waals surface area contributed by atoms with E-state index in [-0.39, 0.29) is 23.3 Å². The van der Waals surface area contributed by atoms with Gasteiger partial charge in [0.15, 0.2) is 0 Å². The maximum atomic E-state index is 12.6. The van der Waals surface area contributed by atoms with Gasteiger partial charge in [0, 0.05) is 50.2 Å². The number of carbonyl (C=O) groups is 2. The Morgan fingerprint density at radius 3 is 2.71 bits per heavy atom. The van der Waals surface area contributed by atoms with Crippen LogP contribution in [0.1, 0.15) is 42.0 Å². The monoisotopic (exact) mass is 398 g/mol. The van der Waals surface area contributed by atoms with E-state index in [0.29, 0.717) is 25.9 Å². The van der Waals surface area contributed by atoms with Gasteiger partial charge in [0.25, 0.3) is 0 Å². The Balaban J connectivity index is 1.45. The van der Waals surface area contributed by atoms with Gasteiger partial charge >= 0.3 is 0 Å². The zero-order chi connectivity index (χ0) is 19.6. The summed E-state index contributed by atoms with van der Waals surface area (Å²) in [6.45, 7) is 1.41. The Kier molecular flexibility index (Phi) is 5.40. The van der Waals surface area contributed by atoms with Crippen LogP contribution in [0.2, 0.25) is 0 Å². The molecule has 2 amide bonds. The largest absolute Gasteiger partial charge is 0.487 e. The fourth-order valence-electron chi connectivity index (χ4n) is 4.40. The number of thiophene rings is 1. The molecule has 1 fully saturated rings. The number of rotatable bonds is 4. The lowest BCUT2D eigenvalue weighted by atomic mass is 9.76. The SMILES string of the molecule is CNC(=O)CC1CC2(CCN(C(=O)Cc3cccs3)CC2)Oc2ccccc21. The second-order valence-corrected chi connectivity index (χ2v) is 8.77. The Morgan fingerprint density at radius 1 is 1.21 bits per heavy atom. The predicted molar refractivity (Wildman–Crippen MR) is 110 cm³/mol. The van der Waals surface area contributed by atoms with Crippen molar-refractivity contribution in [2.24, 2.45) is 0 Å². The zero-order valence-electron chi connectivity index (χ0n) is 16.1. The number of hydrogen-bond donors (Lipinski definition) is 1. The van der Waals surface area contributed by atoms with Crippen LogP contribution in [0.5, 0.6) is 5.75 Å². The lowest BCUT2D eigenvalue weighted by Gasteiger charge is -2.47. The van der Waals surface area contributed by atoms with E-state index in [4.69, 9.17) is 4.74 Å². The first kappa shape index (κ1) is 19.0. The summed E-state index contributed by atoms with van der Waals surface area (Å²) in [4.78, 5) is 27.7. The van der Waals surface area contributed by atoms with Crippen molar-refractivity contribution < 1.29 is 14.3 Å². The number of nitrogens with one attached hydrogen (secondary N) is 1. The van der Waals surface area contributed by atoms with Gasteiger partial charge in [-0.1, -0.05) is 24.3 Å². The van der Waals surface area contributed by atoms with E-state index in [1.54, 1.807) is 18.4 Å². The number of ether oxygens (including phenoxy) is 1. The van der Waals surface area contributed by atoms with Crippen molar-refractivity contribution in [2.45, 2.75) is 43.6 Å². The lowest BCUT2D eigenvalue weighted by Crippen LogP contribution is -2.52. The van der Waals surface area contributed by atoms with Gasteiger partial charge < -0.3 is 15.0 Å². The smallest absolute Gasteiger partial charge is 0.227 e. The first-order valence-electron chi connectivity index (χ1n) is 9.87. The number of amides is 2. The summed E-state index contributed by atoms with van der Waals surface area (Å²) in [6, 6.07) is 12.0. The van der Waals surface area contributed by atoms with E-state index in [1.807, 2.05) is 40.6 Å². The first-order chi connectivity index (χ1) is 13.6. The maximum absolute atomic E-state index is 12.6. The molecule has 2 aliphatic rings. The van der Waals surface area contributed by atoms with Gasteiger partial charge in [-0.15, -0.1) is 11.3 Å². The number of carbonyl (C=O) groups excluding carboxylic acids is 2. The molecule has 6 heteroatoms. The molecular weight excluding hydrogens is 372 g/mol. The number of nitrogens with zero attached hydrogens (tertiary/aromatic N) is 1. The summed E-state index contributed by atoms with van der Waals surface area (Å²) >= 11 is 1.63. The molecule has 2 aromatic rings. The Morgan fingerprint density at radius 2 is 2.00 bits per heavy atom. The molecule has 1 aromatic heterocycles. The van der Waals surface area contributed by atoms with Gasteiger partial charge in [0.1, 0.15) is 11.4 Å². The molecule has 1 aromatic carbocycles. The maximum Gasteiger partial charge on any atom is 0.227 e. The molecule has 5 nitrogen and oxygen atoms in total. The molecule has 0 bridgehead atoms. The Hall–Kier alpha value is -2.34. The van der Waals surface area contributed by atoms with Crippen molar-refractivity contribution in [1.29, 1.82) is 0 Å². The Bertz CT molecular complexity index is 841. The third-order valence-electron chi connectivity index (χ3n) is 5.95. The summed E-state index contributed by atoms with van der Waals surface area (Å²) in [7, 11) is 1.68. The number of para-hydroxylation sites is 1. The van der Waals surface area contributed by atoms with E-state index < -0.39 is 0 Å². The molecule has 1 N–H and O–H groups in total. The van der Waals surface area contributed by atoms with Crippen molar-refractivity contribution in [2.75, 3.05) is 20.1 Å². The highest BCUT2D eigenvalue weighted by Crippen LogP contribution is 2.46. The summed E-state index contributed by atoms with van der Waals surface area (Å²) in [6.07, 6.45) is 3.39. The number of fused-ring (bicyclic) bond motifs is 1. The van der Waals surface area contributed by atoms with Crippen molar-refractivity contribution in [3.63, 3.8) is 0 Å². The molecule has 4 rings (SSSR count). The average molecular weight is 399 g/mol. The number of likely N-dealkylation sites (tertiary alicyclic amines) is 1. The lowest BCUT2D eigenvalue weighted by molar-refractivity contribution is -0.134. The van der Waals surface area contributed by atoms with Crippen molar-refractivity contribution >= 4 is 23.2 Å². The summed E-state index contributed by atoms with van der Waals surface area (Å²) < 4.78 is 6.47. The van der Waals surface area contributed by atoms with Crippen molar-refractivity contribution in [3.8, 4) is 5.75 Å². The minimum atomic E-state index is -0.285. The third-order valence-corrected chi connectivity index (χ3v) is 6.82.